The smallest absolute Gasteiger partial charge is 0.251 e. The van der Waals surface area contributed by atoms with Gasteiger partial charge in [-0.3, -0.25) is 4.79 Å². The summed E-state index contributed by atoms with van der Waals surface area (Å²) in [5.41, 5.74) is 3.66. The molecule has 1 aromatic heterocycles. The average molecular weight is 464 g/mol. The Bertz CT molecular complexity index is 1140. The summed E-state index contributed by atoms with van der Waals surface area (Å²) in [5, 5.41) is 15.5. The summed E-state index contributed by atoms with van der Waals surface area (Å²) in [7, 11) is 7.93. The third-order valence-electron chi connectivity index (χ3n) is 6.44. The van der Waals surface area contributed by atoms with Crippen molar-refractivity contribution in [2.24, 2.45) is 0 Å². The van der Waals surface area contributed by atoms with Gasteiger partial charge in [-0.25, -0.2) is 4.68 Å². The summed E-state index contributed by atoms with van der Waals surface area (Å²) < 4.78 is 13.9. The number of hydrogen-bond donors (Lipinski definition) is 1. The fourth-order valence-corrected chi connectivity index (χ4v) is 4.49. The quantitative estimate of drug-likeness (QED) is 0.589. The number of hydrogen-bond acceptors (Lipinski definition) is 8. The molecule has 2 aromatic carbocycles. The van der Waals surface area contributed by atoms with Gasteiger partial charge in [0.15, 0.2) is 5.82 Å². The monoisotopic (exact) mass is 463 g/mol. The van der Waals surface area contributed by atoms with Crippen LogP contribution in [0.3, 0.4) is 0 Å². The van der Waals surface area contributed by atoms with Crippen molar-refractivity contribution in [3.8, 4) is 11.4 Å². The molecule has 3 heterocycles. The number of ether oxygens (including phenoxy) is 2. The van der Waals surface area contributed by atoms with Crippen molar-refractivity contribution in [2.45, 2.75) is 24.3 Å². The summed E-state index contributed by atoms with van der Waals surface area (Å²) in [6.45, 7) is 0.787. The molecule has 1 amide bonds. The summed E-state index contributed by atoms with van der Waals surface area (Å²) in [4.78, 5) is 16.9. The molecule has 2 aliphatic rings. The molecule has 3 aromatic rings. The number of anilines is 2. The highest BCUT2D eigenvalue weighted by Crippen LogP contribution is 2.36. The summed E-state index contributed by atoms with van der Waals surface area (Å²) >= 11 is 0. The number of aromatic nitrogens is 4. The number of benzene rings is 2. The first-order valence-corrected chi connectivity index (χ1v) is 11.3. The van der Waals surface area contributed by atoms with E-state index in [4.69, 9.17) is 9.47 Å². The van der Waals surface area contributed by atoms with Crippen LogP contribution in [0, 0.1) is 0 Å². The van der Waals surface area contributed by atoms with E-state index in [-0.39, 0.29) is 30.2 Å². The zero-order chi connectivity index (χ0) is 23.8. The number of fused-ring (bicyclic) bond motifs is 1. The van der Waals surface area contributed by atoms with Gasteiger partial charge in [-0.15, -0.1) is 5.10 Å². The highest BCUT2D eigenvalue weighted by Gasteiger charge is 2.50. The van der Waals surface area contributed by atoms with Gasteiger partial charge in [0.1, 0.15) is 18.2 Å². The average Bonchev–Trinajstić information content (AvgIpc) is 3.56. The molecule has 2 fully saturated rings. The molecule has 10 nitrogen and oxygen atoms in total. The Labute approximate surface area is 198 Å². The largest absolute Gasteiger partial charge is 0.378 e. The third kappa shape index (κ3) is 4.10. The van der Waals surface area contributed by atoms with Crippen molar-refractivity contribution in [3.05, 3.63) is 54.1 Å². The Morgan fingerprint density at radius 3 is 2.18 bits per heavy atom. The number of carbonyl (C=O) groups excluding carboxylic acids is 1. The lowest BCUT2D eigenvalue weighted by molar-refractivity contribution is 0.0615. The molecule has 1 N–H and O–H groups in total. The molecule has 0 radical (unpaired) electrons. The zero-order valence-corrected chi connectivity index (χ0v) is 19.8. The second kappa shape index (κ2) is 9.03. The minimum absolute atomic E-state index is 0.143. The second-order valence-corrected chi connectivity index (χ2v) is 9.07. The zero-order valence-electron chi connectivity index (χ0n) is 19.8. The lowest BCUT2D eigenvalue weighted by Gasteiger charge is -2.19. The molecular weight excluding hydrogens is 434 g/mol. The molecule has 4 atom stereocenters. The van der Waals surface area contributed by atoms with Gasteiger partial charge in [0.05, 0.1) is 19.3 Å². The van der Waals surface area contributed by atoms with E-state index in [2.05, 4.69) is 20.8 Å². The fourth-order valence-electron chi connectivity index (χ4n) is 4.49. The number of nitrogens with zero attached hydrogens (tertiary/aromatic N) is 6. The van der Waals surface area contributed by atoms with E-state index in [1.807, 2.05) is 86.5 Å². The van der Waals surface area contributed by atoms with Crippen molar-refractivity contribution in [1.29, 1.82) is 0 Å². The van der Waals surface area contributed by atoms with Crippen molar-refractivity contribution in [2.75, 3.05) is 51.2 Å². The molecule has 0 saturated carbocycles. The van der Waals surface area contributed by atoms with Gasteiger partial charge in [-0.2, -0.15) is 0 Å². The van der Waals surface area contributed by atoms with Crippen LogP contribution in [0.1, 0.15) is 16.4 Å². The predicted molar refractivity (Wildman–Crippen MR) is 128 cm³/mol. The first-order chi connectivity index (χ1) is 16.4. The van der Waals surface area contributed by atoms with Crippen LogP contribution in [0.5, 0.6) is 0 Å². The first-order valence-electron chi connectivity index (χ1n) is 11.3. The normalized spacial score (nSPS) is 23.5. The minimum atomic E-state index is -0.261. The standard InChI is InChI=1S/C24H29N7O3/c1-29(2)17-9-5-15(6-10-17)23-26-27-28-31(23)20-14-34-21-19(13-33-22(20)21)25-24(32)16-7-11-18(12-8-16)30(3)4/h5-12,19-22H,13-14H2,1-4H3,(H,25,32)/t19-,20+,21-,22+/m0/s1. The molecule has 178 valence electrons. The van der Waals surface area contributed by atoms with Crippen LogP contribution in [0.25, 0.3) is 11.4 Å². The van der Waals surface area contributed by atoms with Gasteiger partial charge in [0.25, 0.3) is 5.91 Å². The van der Waals surface area contributed by atoms with Crippen LogP contribution in [0.15, 0.2) is 48.5 Å². The molecule has 10 heteroatoms. The number of amides is 1. The lowest BCUT2D eigenvalue weighted by atomic mass is 10.1. The Kier molecular flexibility index (Phi) is 5.93. The van der Waals surface area contributed by atoms with Crippen molar-refractivity contribution in [1.82, 2.24) is 25.5 Å². The summed E-state index contributed by atoms with van der Waals surface area (Å²) in [6.07, 6.45) is -0.507. The molecule has 0 unspecified atom stereocenters. The number of rotatable bonds is 6. The van der Waals surface area contributed by atoms with E-state index in [1.165, 1.54) is 0 Å². The lowest BCUT2D eigenvalue weighted by Crippen LogP contribution is -2.44. The number of tetrazole rings is 1. The van der Waals surface area contributed by atoms with E-state index in [9.17, 15) is 4.79 Å². The van der Waals surface area contributed by atoms with Crippen LogP contribution in [-0.4, -0.2) is 85.8 Å². The molecule has 0 bridgehead atoms. The van der Waals surface area contributed by atoms with Gasteiger partial charge < -0.3 is 24.6 Å². The topological polar surface area (TPSA) is 97.6 Å². The van der Waals surface area contributed by atoms with Gasteiger partial charge in [-0.05, 0) is 59.0 Å². The predicted octanol–water partition coefficient (Wildman–Crippen LogP) is 1.61. The highest BCUT2D eigenvalue weighted by atomic mass is 16.6. The minimum Gasteiger partial charge on any atom is -0.378 e. The highest BCUT2D eigenvalue weighted by molar-refractivity contribution is 5.94. The van der Waals surface area contributed by atoms with E-state index < -0.39 is 0 Å². The van der Waals surface area contributed by atoms with Crippen LogP contribution < -0.4 is 15.1 Å². The summed E-state index contributed by atoms with van der Waals surface area (Å²) in [5.74, 6) is 0.521. The van der Waals surface area contributed by atoms with Crippen LogP contribution in [0.2, 0.25) is 0 Å². The van der Waals surface area contributed by atoms with Crippen LogP contribution in [-0.2, 0) is 9.47 Å². The Morgan fingerprint density at radius 2 is 1.53 bits per heavy atom. The molecule has 34 heavy (non-hydrogen) atoms. The van der Waals surface area contributed by atoms with E-state index in [0.717, 1.165) is 16.9 Å². The van der Waals surface area contributed by atoms with Crippen molar-refractivity contribution < 1.29 is 14.3 Å². The van der Waals surface area contributed by atoms with Crippen LogP contribution in [0.4, 0.5) is 11.4 Å². The fraction of sp³-hybridized carbons (Fsp3) is 0.417. The maximum absolute atomic E-state index is 12.8. The van der Waals surface area contributed by atoms with E-state index in [1.54, 1.807) is 4.68 Å². The molecular formula is C24H29N7O3. The molecule has 0 aliphatic carbocycles. The third-order valence-corrected chi connectivity index (χ3v) is 6.44. The molecule has 0 spiro atoms. The second-order valence-electron chi connectivity index (χ2n) is 9.07. The molecule has 2 saturated heterocycles. The number of carbonyl (C=O) groups is 1. The SMILES string of the molecule is CN(C)c1ccc(C(=O)N[C@H]2CO[C@H]3[C@H]2OC[C@H]3n2nnnc2-c2ccc(N(C)C)cc2)cc1. The Balaban J connectivity index is 1.28. The van der Waals surface area contributed by atoms with Gasteiger partial charge in [0.2, 0.25) is 0 Å². The first kappa shape index (κ1) is 22.3. The maximum atomic E-state index is 12.8. The molecule has 5 rings (SSSR count). The van der Waals surface area contributed by atoms with Crippen LogP contribution >= 0.6 is 0 Å². The Hall–Kier alpha value is -3.50. The van der Waals surface area contributed by atoms with Gasteiger partial charge in [-0.1, -0.05) is 0 Å². The van der Waals surface area contributed by atoms with Gasteiger partial charge >= 0.3 is 0 Å². The molecule has 2 aliphatic heterocycles. The number of nitrogens with one attached hydrogen (secondary N) is 1. The van der Waals surface area contributed by atoms with Crippen molar-refractivity contribution >= 4 is 17.3 Å². The Morgan fingerprint density at radius 1 is 0.912 bits per heavy atom. The maximum Gasteiger partial charge on any atom is 0.251 e. The van der Waals surface area contributed by atoms with E-state index >= 15 is 0 Å². The van der Waals surface area contributed by atoms with E-state index in [0.29, 0.717) is 24.6 Å². The van der Waals surface area contributed by atoms with Crippen molar-refractivity contribution in [3.63, 3.8) is 0 Å². The van der Waals surface area contributed by atoms with Gasteiger partial charge in [0, 0.05) is 50.7 Å². The summed E-state index contributed by atoms with van der Waals surface area (Å²) in [6, 6.07) is 15.2.